The summed E-state index contributed by atoms with van der Waals surface area (Å²) >= 11 is 1.51. The van der Waals surface area contributed by atoms with Crippen LogP contribution in [0.4, 0.5) is 10.1 Å². The van der Waals surface area contributed by atoms with Crippen molar-refractivity contribution in [2.45, 2.75) is 18.5 Å². The standard InChI is InChI=1S/C17H17FN4OS.ClH/c18-12-2-1-3-13-14(12)15(19)21-17(20-13)5-7-22(8-6-17)16(23)11-4-9-24-10-11;/h1-4,9-10,20H,5-8H2,(H2,19,21);1H. The molecule has 8 heteroatoms. The second-order valence-corrected chi connectivity index (χ2v) is 6.90. The van der Waals surface area contributed by atoms with E-state index < -0.39 is 5.66 Å². The summed E-state index contributed by atoms with van der Waals surface area (Å²) in [6.45, 7) is 1.17. The molecule has 0 radical (unpaired) electrons. The van der Waals surface area contributed by atoms with Crippen molar-refractivity contribution in [2.24, 2.45) is 10.7 Å². The van der Waals surface area contributed by atoms with Gasteiger partial charge in [0.1, 0.15) is 17.3 Å². The molecule has 1 aromatic carbocycles. The van der Waals surface area contributed by atoms with Crippen LogP contribution in [0.25, 0.3) is 0 Å². The van der Waals surface area contributed by atoms with Crippen LogP contribution in [-0.4, -0.2) is 35.4 Å². The Morgan fingerprint density at radius 2 is 2.08 bits per heavy atom. The average molecular weight is 381 g/mol. The minimum Gasteiger partial charge on any atom is -0.383 e. The maximum absolute atomic E-state index is 13.9. The number of benzene rings is 1. The molecule has 1 aromatic heterocycles. The van der Waals surface area contributed by atoms with Crippen LogP contribution in [0.5, 0.6) is 0 Å². The first-order chi connectivity index (χ1) is 11.6. The summed E-state index contributed by atoms with van der Waals surface area (Å²) in [5, 5.41) is 7.10. The molecular weight excluding hydrogens is 363 g/mol. The van der Waals surface area contributed by atoms with E-state index in [1.165, 1.54) is 17.4 Å². The summed E-state index contributed by atoms with van der Waals surface area (Å²) in [5.41, 5.74) is 7.18. The molecule has 0 bridgehead atoms. The first kappa shape index (κ1) is 17.7. The van der Waals surface area contributed by atoms with Crippen molar-refractivity contribution in [3.05, 3.63) is 52.0 Å². The Balaban J connectivity index is 0.00000182. The fourth-order valence-electron chi connectivity index (χ4n) is 3.34. The number of hydrogen-bond donors (Lipinski definition) is 2. The number of piperidine rings is 1. The van der Waals surface area contributed by atoms with Crippen molar-refractivity contribution in [3.8, 4) is 0 Å². The Morgan fingerprint density at radius 1 is 1.32 bits per heavy atom. The maximum Gasteiger partial charge on any atom is 0.254 e. The highest BCUT2D eigenvalue weighted by molar-refractivity contribution is 7.08. The predicted octanol–water partition coefficient (Wildman–Crippen LogP) is 3.07. The van der Waals surface area contributed by atoms with Crippen LogP contribution >= 0.6 is 23.7 Å². The van der Waals surface area contributed by atoms with E-state index in [9.17, 15) is 9.18 Å². The molecule has 3 heterocycles. The third-order valence-corrected chi connectivity index (χ3v) is 5.30. The summed E-state index contributed by atoms with van der Waals surface area (Å²) in [4.78, 5) is 18.8. The average Bonchev–Trinajstić information content (AvgIpc) is 3.09. The quantitative estimate of drug-likeness (QED) is 0.798. The molecule has 1 saturated heterocycles. The van der Waals surface area contributed by atoms with Crippen LogP contribution in [0.15, 0.2) is 40.0 Å². The van der Waals surface area contributed by atoms with Gasteiger partial charge in [0.2, 0.25) is 0 Å². The predicted molar refractivity (Wildman–Crippen MR) is 100 cm³/mol. The Hall–Kier alpha value is -2.12. The summed E-state index contributed by atoms with van der Waals surface area (Å²) < 4.78 is 13.9. The van der Waals surface area contributed by atoms with Crippen LogP contribution in [0.1, 0.15) is 28.8 Å². The third-order valence-electron chi connectivity index (χ3n) is 4.62. The van der Waals surface area contributed by atoms with Gasteiger partial charge in [0.15, 0.2) is 0 Å². The number of likely N-dealkylation sites (tertiary alicyclic amines) is 1. The van der Waals surface area contributed by atoms with Crippen LogP contribution < -0.4 is 11.1 Å². The van der Waals surface area contributed by atoms with E-state index in [-0.39, 0.29) is 30.0 Å². The van der Waals surface area contributed by atoms with E-state index in [1.807, 2.05) is 27.8 Å². The van der Waals surface area contributed by atoms with Gasteiger partial charge in [-0.05, 0) is 23.6 Å². The first-order valence-electron chi connectivity index (χ1n) is 7.82. The Labute approximate surface area is 155 Å². The Bertz CT molecular complexity index is 816. The number of nitrogens with zero attached hydrogens (tertiary/aromatic N) is 2. The van der Waals surface area contributed by atoms with Crippen molar-refractivity contribution < 1.29 is 9.18 Å². The fourth-order valence-corrected chi connectivity index (χ4v) is 3.97. The maximum atomic E-state index is 13.9. The smallest absolute Gasteiger partial charge is 0.254 e. The molecule has 25 heavy (non-hydrogen) atoms. The highest BCUT2D eigenvalue weighted by Crippen LogP contribution is 2.35. The summed E-state index contributed by atoms with van der Waals surface area (Å²) in [6.07, 6.45) is 1.28. The normalized spacial score (nSPS) is 18.0. The topological polar surface area (TPSA) is 70.7 Å². The molecule has 4 rings (SSSR count). The highest BCUT2D eigenvalue weighted by Gasteiger charge is 2.39. The van der Waals surface area contributed by atoms with Gasteiger partial charge in [-0.3, -0.25) is 4.79 Å². The minimum absolute atomic E-state index is 0. The van der Waals surface area contributed by atoms with E-state index in [0.29, 0.717) is 37.2 Å². The van der Waals surface area contributed by atoms with Crippen molar-refractivity contribution in [3.63, 3.8) is 0 Å². The Kier molecular flexibility index (Phi) is 4.71. The van der Waals surface area contributed by atoms with Crippen molar-refractivity contribution in [1.82, 2.24) is 4.90 Å². The zero-order valence-electron chi connectivity index (χ0n) is 13.4. The fraction of sp³-hybridized carbons (Fsp3) is 0.294. The van der Waals surface area contributed by atoms with Crippen LogP contribution in [0, 0.1) is 5.82 Å². The number of nitrogens with two attached hydrogens (primary N) is 1. The lowest BCUT2D eigenvalue weighted by atomic mass is 9.93. The number of halogens is 2. The second-order valence-electron chi connectivity index (χ2n) is 6.12. The number of carbonyl (C=O) groups is 1. The van der Waals surface area contributed by atoms with Crippen molar-refractivity contribution in [1.29, 1.82) is 0 Å². The molecule has 0 unspecified atom stereocenters. The first-order valence-corrected chi connectivity index (χ1v) is 8.76. The molecule has 1 spiro atoms. The number of fused-ring (bicyclic) bond motifs is 1. The molecule has 1 amide bonds. The number of aliphatic imine (C=N–C) groups is 1. The number of carbonyl (C=O) groups excluding carboxylic acids is 1. The molecule has 0 saturated carbocycles. The van der Waals surface area contributed by atoms with Gasteiger partial charge in [0.25, 0.3) is 5.91 Å². The lowest BCUT2D eigenvalue weighted by molar-refractivity contribution is 0.0686. The van der Waals surface area contributed by atoms with E-state index in [1.54, 1.807) is 6.07 Å². The summed E-state index contributed by atoms with van der Waals surface area (Å²) in [7, 11) is 0. The van der Waals surface area contributed by atoms with Gasteiger partial charge in [-0.2, -0.15) is 11.3 Å². The zero-order valence-corrected chi connectivity index (χ0v) is 15.0. The molecular formula is C17H18ClFN4OS. The van der Waals surface area contributed by atoms with E-state index >= 15 is 0 Å². The Morgan fingerprint density at radius 3 is 2.76 bits per heavy atom. The molecule has 1 fully saturated rings. The lowest BCUT2D eigenvalue weighted by Crippen LogP contribution is -2.52. The molecule has 2 aromatic rings. The minimum atomic E-state index is -0.559. The number of hydrogen-bond acceptors (Lipinski definition) is 5. The number of amidine groups is 1. The van der Waals surface area contributed by atoms with Gasteiger partial charge in [0.05, 0.1) is 11.1 Å². The van der Waals surface area contributed by atoms with Crippen molar-refractivity contribution >= 4 is 41.2 Å². The van der Waals surface area contributed by atoms with Gasteiger partial charge >= 0.3 is 0 Å². The number of anilines is 1. The number of rotatable bonds is 1. The van der Waals surface area contributed by atoms with Crippen LogP contribution in [0.2, 0.25) is 0 Å². The molecule has 2 aliphatic rings. The van der Waals surface area contributed by atoms with E-state index in [4.69, 9.17) is 5.73 Å². The third kappa shape index (κ3) is 3.09. The molecule has 0 atom stereocenters. The summed E-state index contributed by atoms with van der Waals surface area (Å²) in [6, 6.07) is 6.68. The molecule has 132 valence electrons. The lowest BCUT2D eigenvalue weighted by Gasteiger charge is -2.42. The summed E-state index contributed by atoms with van der Waals surface area (Å²) in [5.74, 6) is -0.106. The van der Waals surface area contributed by atoms with Gasteiger partial charge in [-0.1, -0.05) is 6.07 Å². The molecule has 0 aliphatic carbocycles. The largest absolute Gasteiger partial charge is 0.383 e. The molecule has 2 aliphatic heterocycles. The van der Waals surface area contributed by atoms with Crippen molar-refractivity contribution in [2.75, 3.05) is 18.4 Å². The SMILES string of the molecule is Cl.NC1=NC2(CCN(C(=O)c3ccsc3)CC2)Nc2cccc(F)c21. The van der Waals surface area contributed by atoms with Gasteiger partial charge in [-0.25, -0.2) is 9.38 Å². The number of thiophene rings is 1. The monoisotopic (exact) mass is 380 g/mol. The van der Waals surface area contributed by atoms with E-state index in [0.717, 1.165) is 5.56 Å². The van der Waals surface area contributed by atoms with Crippen LogP contribution in [-0.2, 0) is 0 Å². The van der Waals surface area contributed by atoms with Crippen LogP contribution in [0.3, 0.4) is 0 Å². The van der Waals surface area contributed by atoms with Gasteiger partial charge in [-0.15, -0.1) is 12.4 Å². The number of nitrogens with one attached hydrogen (secondary N) is 1. The highest BCUT2D eigenvalue weighted by atomic mass is 35.5. The van der Waals surface area contributed by atoms with E-state index in [2.05, 4.69) is 10.3 Å². The molecule has 3 N–H and O–H groups in total. The second kappa shape index (κ2) is 6.65. The van der Waals surface area contributed by atoms with Gasteiger partial charge < -0.3 is 16.0 Å². The zero-order chi connectivity index (χ0) is 16.7. The molecule has 5 nitrogen and oxygen atoms in total. The number of amides is 1. The van der Waals surface area contributed by atoms with Gasteiger partial charge in [0, 0.05) is 37.0 Å².